The minimum absolute atomic E-state index is 0.0312. The summed E-state index contributed by atoms with van der Waals surface area (Å²) in [6, 6.07) is 6.18. The van der Waals surface area contributed by atoms with Gasteiger partial charge in [-0.3, -0.25) is 14.8 Å². The van der Waals surface area contributed by atoms with Gasteiger partial charge in [-0.1, -0.05) is 19.1 Å². The molecular formula is C19H24N6O3S. The van der Waals surface area contributed by atoms with Crippen molar-refractivity contribution in [1.29, 1.82) is 0 Å². The van der Waals surface area contributed by atoms with E-state index in [0.29, 0.717) is 35.8 Å². The Hall–Kier alpha value is -2.98. The summed E-state index contributed by atoms with van der Waals surface area (Å²) in [5.74, 6) is -0.0195. The number of hydrogen-bond donors (Lipinski definition) is 2. The molecule has 10 heteroatoms. The standard InChI is InChI=1S/C19H24N6O3S/c1-4-6-7-10-24-16-9-8-14(29(20,27)28)12-15(16)21-19(24)22-18(26)17-11-13(3)23-25(17)5-2/h6-9,11-12H,4-5,10H2,1-3H3,(H2,20,27,28)(H,21,22,26)/b7-6+. The van der Waals surface area contributed by atoms with Gasteiger partial charge in [-0.15, -0.1) is 0 Å². The molecular weight excluding hydrogens is 392 g/mol. The zero-order chi connectivity index (χ0) is 21.2. The third-order valence-corrected chi connectivity index (χ3v) is 5.31. The second kappa shape index (κ2) is 8.18. The number of aryl methyl sites for hydroxylation is 2. The fraction of sp³-hybridized carbons (Fsp3) is 0.316. The van der Waals surface area contributed by atoms with Crippen LogP contribution in [-0.2, 0) is 23.1 Å². The van der Waals surface area contributed by atoms with E-state index in [1.807, 2.05) is 37.5 Å². The van der Waals surface area contributed by atoms with Crippen LogP contribution in [0.3, 0.4) is 0 Å². The van der Waals surface area contributed by atoms with Crippen molar-refractivity contribution in [3.63, 3.8) is 0 Å². The molecule has 0 bridgehead atoms. The van der Waals surface area contributed by atoms with Gasteiger partial charge in [0.05, 0.1) is 21.6 Å². The number of hydrogen-bond acceptors (Lipinski definition) is 5. The molecule has 1 aromatic carbocycles. The number of anilines is 1. The molecule has 0 aliphatic carbocycles. The second-order valence-corrected chi connectivity index (χ2v) is 8.12. The monoisotopic (exact) mass is 416 g/mol. The number of nitrogens with two attached hydrogens (primary N) is 1. The normalized spacial score (nSPS) is 12.1. The third kappa shape index (κ3) is 4.38. The highest BCUT2D eigenvalue weighted by Gasteiger charge is 2.19. The topological polar surface area (TPSA) is 125 Å². The Kier molecular flexibility index (Phi) is 5.85. The number of nitrogens with one attached hydrogen (secondary N) is 1. The molecule has 9 nitrogen and oxygen atoms in total. The molecule has 1 amide bonds. The Labute approximate surface area is 169 Å². The van der Waals surface area contributed by atoms with Crippen molar-refractivity contribution in [3.05, 3.63) is 47.8 Å². The van der Waals surface area contributed by atoms with Crippen molar-refractivity contribution >= 4 is 32.9 Å². The number of nitrogens with zero attached hydrogens (tertiary/aromatic N) is 4. The molecule has 3 N–H and O–H groups in total. The quantitative estimate of drug-likeness (QED) is 0.572. The molecule has 0 saturated heterocycles. The average molecular weight is 417 g/mol. The molecule has 2 heterocycles. The van der Waals surface area contributed by atoms with Gasteiger partial charge in [0.1, 0.15) is 5.69 Å². The van der Waals surface area contributed by atoms with E-state index in [-0.39, 0.29) is 10.8 Å². The summed E-state index contributed by atoms with van der Waals surface area (Å²) in [6.07, 6.45) is 4.84. The van der Waals surface area contributed by atoms with Crippen LogP contribution >= 0.6 is 0 Å². The van der Waals surface area contributed by atoms with E-state index in [4.69, 9.17) is 5.14 Å². The van der Waals surface area contributed by atoms with E-state index in [9.17, 15) is 13.2 Å². The summed E-state index contributed by atoms with van der Waals surface area (Å²) in [4.78, 5) is 17.2. The first-order chi connectivity index (χ1) is 13.7. The lowest BCUT2D eigenvalue weighted by Crippen LogP contribution is -2.19. The van der Waals surface area contributed by atoms with Crippen molar-refractivity contribution < 1.29 is 13.2 Å². The fourth-order valence-corrected chi connectivity index (χ4v) is 3.58. The van der Waals surface area contributed by atoms with E-state index in [1.54, 1.807) is 16.8 Å². The van der Waals surface area contributed by atoms with E-state index < -0.39 is 10.0 Å². The number of fused-ring (bicyclic) bond motifs is 1. The van der Waals surface area contributed by atoms with Gasteiger partial charge in [-0.25, -0.2) is 18.5 Å². The van der Waals surface area contributed by atoms with Crippen molar-refractivity contribution in [1.82, 2.24) is 19.3 Å². The number of primary sulfonamides is 1. The number of aromatic nitrogens is 4. The lowest BCUT2D eigenvalue weighted by atomic mass is 10.3. The summed E-state index contributed by atoms with van der Waals surface area (Å²) in [5, 5.41) is 12.3. The largest absolute Gasteiger partial charge is 0.306 e. The fourth-order valence-electron chi connectivity index (χ4n) is 3.05. The predicted octanol–water partition coefficient (Wildman–Crippen LogP) is 2.43. The van der Waals surface area contributed by atoms with Gasteiger partial charge < -0.3 is 4.57 Å². The van der Waals surface area contributed by atoms with Crippen LogP contribution in [0.25, 0.3) is 11.0 Å². The lowest BCUT2D eigenvalue weighted by molar-refractivity contribution is 0.101. The smallest absolute Gasteiger partial charge is 0.276 e. The number of amides is 1. The minimum atomic E-state index is -3.85. The summed E-state index contributed by atoms with van der Waals surface area (Å²) < 4.78 is 26.8. The average Bonchev–Trinajstić information content (AvgIpc) is 3.21. The van der Waals surface area contributed by atoms with E-state index in [1.165, 1.54) is 12.1 Å². The molecule has 0 radical (unpaired) electrons. The van der Waals surface area contributed by atoms with Crippen molar-refractivity contribution in [2.24, 2.45) is 5.14 Å². The Morgan fingerprint density at radius 2 is 2.00 bits per heavy atom. The minimum Gasteiger partial charge on any atom is -0.306 e. The van der Waals surface area contributed by atoms with Gasteiger partial charge in [0.2, 0.25) is 16.0 Å². The maximum absolute atomic E-state index is 12.8. The first kappa shape index (κ1) is 20.7. The van der Waals surface area contributed by atoms with Gasteiger partial charge in [0, 0.05) is 13.1 Å². The van der Waals surface area contributed by atoms with Gasteiger partial charge >= 0.3 is 0 Å². The number of rotatable bonds is 7. The maximum Gasteiger partial charge on any atom is 0.276 e. The molecule has 0 fully saturated rings. The number of allylic oxidation sites excluding steroid dienone is 2. The van der Waals surface area contributed by atoms with Crippen LogP contribution in [0.2, 0.25) is 0 Å². The summed E-state index contributed by atoms with van der Waals surface area (Å²) in [6.45, 7) is 6.79. The number of carbonyl (C=O) groups is 1. The van der Waals surface area contributed by atoms with Crippen LogP contribution in [0.1, 0.15) is 36.5 Å². The molecule has 0 saturated carbocycles. The van der Waals surface area contributed by atoms with Crippen LogP contribution in [0.5, 0.6) is 0 Å². The number of carbonyl (C=O) groups excluding carboxylic acids is 1. The van der Waals surface area contributed by atoms with Crippen molar-refractivity contribution in [3.8, 4) is 0 Å². The summed E-state index contributed by atoms with van der Waals surface area (Å²) in [5.41, 5.74) is 2.29. The first-order valence-electron chi connectivity index (χ1n) is 9.28. The number of benzene rings is 1. The second-order valence-electron chi connectivity index (χ2n) is 6.56. The predicted molar refractivity (Wildman–Crippen MR) is 111 cm³/mol. The van der Waals surface area contributed by atoms with Crippen molar-refractivity contribution in [2.45, 2.75) is 45.2 Å². The highest BCUT2D eigenvalue weighted by molar-refractivity contribution is 7.89. The van der Waals surface area contributed by atoms with Gasteiger partial charge in [0.25, 0.3) is 5.91 Å². The Morgan fingerprint density at radius 1 is 1.24 bits per heavy atom. The molecule has 29 heavy (non-hydrogen) atoms. The first-order valence-corrected chi connectivity index (χ1v) is 10.8. The zero-order valence-corrected chi connectivity index (χ0v) is 17.4. The summed E-state index contributed by atoms with van der Waals surface area (Å²) >= 11 is 0. The van der Waals surface area contributed by atoms with Crippen LogP contribution < -0.4 is 10.5 Å². The summed E-state index contributed by atoms with van der Waals surface area (Å²) in [7, 11) is -3.85. The molecule has 2 aromatic heterocycles. The third-order valence-electron chi connectivity index (χ3n) is 4.40. The number of imidazole rings is 1. The van der Waals surface area contributed by atoms with E-state index in [0.717, 1.165) is 12.1 Å². The molecule has 0 aliphatic rings. The molecule has 0 unspecified atom stereocenters. The Balaban J connectivity index is 2.05. The molecule has 0 aliphatic heterocycles. The SMILES string of the molecule is CC/C=C/Cn1c(NC(=O)c2cc(C)nn2CC)nc2cc(S(N)(=O)=O)ccc21. The molecule has 0 spiro atoms. The highest BCUT2D eigenvalue weighted by atomic mass is 32.2. The molecule has 3 aromatic rings. The highest BCUT2D eigenvalue weighted by Crippen LogP contribution is 2.23. The van der Waals surface area contributed by atoms with Crippen molar-refractivity contribution in [2.75, 3.05) is 5.32 Å². The van der Waals surface area contributed by atoms with Crippen LogP contribution in [0.4, 0.5) is 5.95 Å². The zero-order valence-electron chi connectivity index (χ0n) is 16.6. The Bertz CT molecular complexity index is 1190. The molecule has 154 valence electrons. The molecule has 0 atom stereocenters. The Morgan fingerprint density at radius 3 is 2.66 bits per heavy atom. The van der Waals surface area contributed by atoms with Crippen LogP contribution in [0.15, 0.2) is 41.3 Å². The maximum atomic E-state index is 12.8. The van der Waals surface area contributed by atoms with E-state index >= 15 is 0 Å². The van der Waals surface area contributed by atoms with Gasteiger partial charge in [-0.2, -0.15) is 5.10 Å². The van der Waals surface area contributed by atoms with Crippen LogP contribution in [-0.4, -0.2) is 33.7 Å². The van der Waals surface area contributed by atoms with Crippen LogP contribution in [0, 0.1) is 6.92 Å². The lowest BCUT2D eigenvalue weighted by Gasteiger charge is -2.09. The molecule has 3 rings (SSSR count). The van der Waals surface area contributed by atoms with Gasteiger partial charge in [-0.05, 0) is 44.5 Å². The van der Waals surface area contributed by atoms with E-state index in [2.05, 4.69) is 15.4 Å². The number of sulfonamides is 1. The van der Waals surface area contributed by atoms with Gasteiger partial charge in [0.15, 0.2) is 0 Å².